The van der Waals surface area contributed by atoms with Crippen molar-refractivity contribution >= 4 is 18.3 Å². The smallest absolute Gasteiger partial charge is 0.354 e. The van der Waals surface area contributed by atoms with Crippen LogP contribution in [0.3, 0.4) is 0 Å². The largest absolute Gasteiger partial charge is 0.416 e. The van der Waals surface area contributed by atoms with Crippen LogP contribution >= 0.6 is 12.4 Å². The second kappa shape index (κ2) is 7.13. The third-order valence-electron chi connectivity index (χ3n) is 5.27. The SMILES string of the molecule is Cl.O=C1NCC[C@@]12CC[C@@H](c1cc(-c3ccc(C(F)(F)F)cc3)ccn1)N2. The predicted molar refractivity (Wildman–Crippen MR) is 97.4 cm³/mol. The first-order chi connectivity index (χ1) is 12.4. The molecule has 1 spiro atoms. The van der Waals surface area contributed by atoms with Crippen molar-refractivity contribution in [3.05, 3.63) is 53.9 Å². The molecule has 1 amide bonds. The maximum absolute atomic E-state index is 12.7. The van der Waals surface area contributed by atoms with Crippen molar-refractivity contribution in [1.82, 2.24) is 15.6 Å². The zero-order valence-electron chi connectivity index (χ0n) is 14.3. The second-order valence-corrected chi connectivity index (χ2v) is 6.87. The van der Waals surface area contributed by atoms with Crippen LogP contribution in [0.25, 0.3) is 11.1 Å². The van der Waals surface area contributed by atoms with E-state index in [0.717, 1.165) is 42.7 Å². The van der Waals surface area contributed by atoms with Gasteiger partial charge in [-0.1, -0.05) is 12.1 Å². The highest BCUT2D eigenvalue weighted by atomic mass is 35.5. The summed E-state index contributed by atoms with van der Waals surface area (Å²) in [7, 11) is 0. The average molecular weight is 398 g/mol. The molecule has 2 atom stereocenters. The molecule has 144 valence electrons. The Morgan fingerprint density at radius 3 is 2.44 bits per heavy atom. The van der Waals surface area contributed by atoms with Gasteiger partial charge in [0.15, 0.2) is 0 Å². The lowest BCUT2D eigenvalue weighted by Crippen LogP contribution is -2.47. The summed E-state index contributed by atoms with van der Waals surface area (Å²) in [5.41, 5.74) is 1.15. The number of hydrogen-bond acceptors (Lipinski definition) is 3. The number of rotatable bonds is 2. The average Bonchev–Trinajstić information content (AvgIpc) is 3.22. The molecule has 2 aromatic rings. The molecule has 0 saturated carbocycles. The summed E-state index contributed by atoms with van der Waals surface area (Å²) in [6.45, 7) is 0.678. The number of halogens is 4. The molecule has 1 aromatic heterocycles. The minimum absolute atomic E-state index is 0. The summed E-state index contributed by atoms with van der Waals surface area (Å²) >= 11 is 0. The Labute approximate surface area is 161 Å². The van der Waals surface area contributed by atoms with Gasteiger partial charge in [-0.15, -0.1) is 12.4 Å². The fourth-order valence-corrected chi connectivity index (χ4v) is 3.81. The highest BCUT2D eigenvalue weighted by Crippen LogP contribution is 2.37. The first-order valence-electron chi connectivity index (χ1n) is 8.57. The van der Waals surface area contributed by atoms with Gasteiger partial charge >= 0.3 is 6.18 Å². The Morgan fingerprint density at radius 2 is 1.81 bits per heavy atom. The summed E-state index contributed by atoms with van der Waals surface area (Å²) in [4.78, 5) is 16.5. The van der Waals surface area contributed by atoms with Crippen molar-refractivity contribution in [3.63, 3.8) is 0 Å². The second-order valence-electron chi connectivity index (χ2n) is 6.87. The lowest BCUT2D eigenvalue weighted by Gasteiger charge is -2.21. The number of nitrogens with one attached hydrogen (secondary N) is 2. The van der Waals surface area contributed by atoms with Crippen molar-refractivity contribution in [2.24, 2.45) is 0 Å². The molecule has 0 unspecified atom stereocenters. The monoisotopic (exact) mass is 397 g/mol. The fraction of sp³-hybridized carbons (Fsp3) is 0.368. The first-order valence-corrected chi connectivity index (χ1v) is 8.57. The number of carbonyl (C=O) groups excluding carboxylic acids is 1. The molecule has 27 heavy (non-hydrogen) atoms. The number of amides is 1. The van der Waals surface area contributed by atoms with Crippen LogP contribution in [0.4, 0.5) is 13.2 Å². The van der Waals surface area contributed by atoms with Gasteiger partial charge in [0.05, 0.1) is 17.3 Å². The van der Waals surface area contributed by atoms with Gasteiger partial charge < -0.3 is 5.32 Å². The van der Waals surface area contributed by atoms with Gasteiger partial charge in [-0.2, -0.15) is 13.2 Å². The summed E-state index contributed by atoms with van der Waals surface area (Å²) in [5.74, 6) is 0.0406. The molecule has 4 rings (SSSR count). The molecule has 2 saturated heterocycles. The third kappa shape index (κ3) is 3.66. The van der Waals surface area contributed by atoms with E-state index in [1.54, 1.807) is 12.3 Å². The standard InChI is InChI=1S/C19H18F3N3O.ClH/c20-19(21,22)14-3-1-12(2-4-14)13-6-9-23-16(11-13)15-5-7-18(25-15)8-10-24-17(18)26;/h1-4,6,9,11,15,25H,5,7-8,10H2,(H,24,26);1H/t15-,18-;/m0./s1. The van der Waals surface area contributed by atoms with E-state index >= 15 is 0 Å². The van der Waals surface area contributed by atoms with Gasteiger partial charge in [0.25, 0.3) is 0 Å². The highest BCUT2D eigenvalue weighted by Gasteiger charge is 2.48. The van der Waals surface area contributed by atoms with E-state index in [0.29, 0.717) is 12.1 Å². The molecule has 2 fully saturated rings. The fourth-order valence-electron chi connectivity index (χ4n) is 3.81. The van der Waals surface area contributed by atoms with Gasteiger partial charge in [-0.3, -0.25) is 15.1 Å². The zero-order valence-corrected chi connectivity index (χ0v) is 15.2. The number of carbonyl (C=O) groups is 1. The number of hydrogen-bond donors (Lipinski definition) is 2. The molecule has 0 aliphatic carbocycles. The van der Waals surface area contributed by atoms with Crippen LogP contribution in [0.2, 0.25) is 0 Å². The van der Waals surface area contributed by atoms with Crippen LogP contribution in [0.15, 0.2) is 42.6 Å². The molecule has 4 nitrogen and oxygen atoms in total. The first kappa shape index (κ1) is 19.6. The molecule has 1 aromatic carbocycles. The van der Waals surface area contributed by atoms with Crippen LogP contribution in [0.5, 0.6) is 0 Å². The van der Waals surface area contributed by atoms with Crippen LogP contribution in [0, 0.1) is 0 Å². The molecule has 2 aliphatic rings. The van der Waals surface area contributed by atoms with E-state index in [-0.39, 0.29) is 24.4 Å². The van der Waals surface area contributed by atoms with Crippen molar-refractivity contribution in [2.75, 3.05) is 6.54 Å². The van der Waals surface area contributed by atoms with Gasteiger partial charge in [0.2, 0.25) is 5.91 Å². The van der Waals surface area contributed by atoms with E-state index in [9.17, 15) is 18.0 Å². The normalized spacial score (nSPS) is 24.7. The maximum atomic E-state index is 12.7. The van der Waals surface area contributed by atoms with Crippen LogP contribution < -0.4 is 10.6 Å². The number of benzene rings is 1. The summed E-state index contributed by atoms with van der Waals surface area (Å²) < 4.78 is 38.1. The lowest BCUT2D eigenvalue weighted by atomic mass is 9.96. The summed E-state index contributed by atoms with van der Waals surface area (Å²) in [6.07, 6.45) is -0.358. The predicted octanol–water partition coefficient (Wildman–Crippen LogP) is 3.87. The van der Waals surface area contributed by atoms with E-state index < -0.39 is 17.3 Å². The maximum Gasteiger partial charge on any atom is 0.416 e. The van der Waals surface area contributed by atoms with Crippen molar-refractivity contribution in [2.45, 2.75) is 37.0 Å². The van der Waals surface area contributed by atoms with E-state index in [2.05, 4.69) is 15.6 Å². The van der Waals surface area contributed by atoms with E-state index in [1.165, 1.54) is 12.1 Å². The van der Waals surface area contributed by atoms with Gasteiger partial charge in [-0.25, -0.2) is 0 Å². The van der Waals surface area contributed by atoms with Crippen LogP contribution in [-0.2, 0) is 11.0 Å². The highest BCUT2D eigenvalue weighted by molar-refractivity contribution is 5.88. The van der Waals surface area contributed by atoms with E-state index in [4.69, 9.17) is 0 Å². The summed E-state index contributed by atoms with van der Waals surface area (Å²) in [6, 6.07) is 8.73. The number of alkyl halides is 3. The molecule has 0 radical (unpaired) electrons. The summed E-state index contributed by atoms with van der Waals surface area (Å²) in [5, 5.41) is 6.28. The minimum atomic E-state index is -4.34. The number of aromatic nitrogens is 1. The quantitative estimate of drug-likeness (QED) is 0.808. The molecule has 8 heteroatoms. The van der Waals surface area contributed by atoms with Crippen molar-refractivity contribution in [1.29, 1.82) is 0 Å². The molecule has 2 aliphatic heterocycles. The van der Waals surface area contributed by atoms with Gasteiger partial charge in [0, 0.05) is 12.7 Å². The molecular formula is C19H19ClF3N3O. The Balaban J connectivity index is 0.00000210. The molecule has 3 heterocycles. The lowest BCUT2D eigenvalue weighted by molar-refractivity contribution is -0.137. The molecule has 2 N–H and O–H groups in total. The van der Waals surface area contributed by atoms with Gasteiger partial charge in [-0.05, 0) is 54.7 Å². The number of pyridine rings is 1. The topological polar surface area (TPSA) is 54.0 Å². The van der Waals surface area contributed by atoms with Crippen molar-refractivity contribution < 1.29 is 18.0 Å². The van der Waals surface area contributed by atoms with Crippen molar-refractivity contribution in [3.8, 4) is 11.1 Å². The van der Waals surface area contributed by atoms with Crippen LogP contribution in [0.1, 0.15) is 36.6 Å². The Morgan fingerprint density at radius 1 is 1.07 bits per heavy atom. The Bertz CT molecular complexity index is 841. The zero-order chi connectivity index (χ0) is 18.4. The molecular weight excluding hydrogens is 379 g/mol. The molecule has 0 bridgehead atoms. The Kier molecular flexibility index (Phi) is 5.18. The Hall–Kier alpha value is -2.12. The van der Waals surface area contributed by atoms with Crippen LogP contribution in [-0.4, -0.2) is 23.0 Å². The third-order valence-corrected chi connectivity index (χ3v) is 5.27. The van der Waals surface area contributed by atoms with E-state index in [1.807, 2.05) is 6.07 Å². The van der Waals surface area contributed by atoms with Gasteiger partial charge in [0.1, 0.15) is 5.54 Å². The minimum Gasteiger partial charge on any atom is -0.354 e. The number of nitrogens with zero attached hydrogens (tertiary/aromatic N) is 1.